The van der Waals surface area contributed by atoms with Crippen molar-refractivity contribution in [1.82, 2.24) is 5.32 Å². The second-order valence-electron chi connectivity index (χ2n) is 5.14. The summed E-state index contributed by atoms with van der Waals surface area (Å²) < 4.78 is 10.7. The van der Waals surface area contributed by atoms with Crippen molar-refractivity contribution >= 4 is 0 Å². The summed E-state index contributed by atoms with van der Waals surface area (Å²) in [6.45, 7) is 6.62. The van der Waals surface area contributed by atoms with Gasteiger partial charge < -0.3 is 19.9 Å². The summed E-state index contributed by atoms with van der Waals surface area (Å²) in [5.41, 5.74) is 0.377. The molecule has 1 aromatic rings. The number of hydrogen-bond donors (Lipinski definition) is 2. The normalized spacial score (nSPS) is 13.1. The number of methoxy groups -OCH3 is 2. The van der Waals surface area contributed by atoms with Gasteiger partial charge in [0.05, 0.1) is 19.8 Å². The van der Waals surface area contributed by atoms with Crippen LogP contribution in [0.4, 0.5) is 0 Å². The van der Waals surface area contributed by atoms with Crippen LogP contribution in [0.2, 0.25) is 0 Å². The molecule has 1 unspecified atom stereocenters. The highest BCUT2D eigenvalue weighted by Crippen LogP contribution is 2.29. The average molecular weight is 281 g/mol. The van der Waals surface area contributed by atoms with Gasteiger partial charge in [-0.2, -0.15) is 0 Å². The maximum atomic E-state index is 10.3. The minimum Gasteiger partial charge on any atom is -0.497 e. The first kappa shape index (κ1) is 16.8. The van der Waals surface area contributed by atoms with Crippen LogP contribution in [-0.4, -0.2) is 31.5 Å². The van der Waals surface area contributed by atoms with Gasteiger partial charge in [0, 0.05) is 18.2 Å². The highest BCUT2D eigenvalue weighted by molar-refractivity contribution is 5.42. The lowest BCUT2D eigenvalue weighted by Crippen LogP contribution is -2.40. The van der Waals surface area contributed by atoms with Crippen LogP contribution in [0.15, 0.2) is 18.2 Å². The molecule has 0 fully saturated rings. The number of nitrogens with one attached hydrogen (secondary N) is 1. The van der Waals surface area contributed by atoms with Crippen molar-refractivity contribution in [1.29, 1.82) is 0 Å². The molecule has 0 heterocycles. The predicted octanol–water partition coefficient (Wildman–Crippen LogP) is 2.91. The largest absolute Gasteiger partial charge is 0.497 e. The van der Waals surface area contributed by atoms with Gasteiger partial charge in [0.25, 0.3) is 0 Å². The summed E-state index contributed by atoms with van der Waals surface area (Å²) in [6.07, 6.45) is 1.47. The molecule has 2 N–H and O–H groups in total. The van der Waals surface area contributed by atoms with Gasteiger partial charge in [-0.15, -0.1) is 0 Å². The quantitative estimate of drug-likeness (QED) is 0.769. The van der Waals surface area contributed by atoms with E-state index in [1.54, 1.807) is 14.2 Å². The van der Waals surface area contributed by atoms with E-state index in [0.29, 0.717) is 6.54 Å². The van der Waals surface area contributed by atoms with Crippen LogP contribution in [0, 0.1) is 0 Å². The Bertz CT molecular complexity index is 416. The van der Waals surface area contributed by atoms with Crippen LogP contribution in [0.5, 0.6) is 11.5 Å². The summed E-state index contributed by atoms with van der Waals surface area (Å²) >= 11 is 0. The Balaban J connectivity index is 2.83. The first-order chi connectivity index (χ1) is 9.49. The van der Waals surface area contributed by atoms with Gasteiger partial charge in [-0.1, -0.05) is 13.8 Å². The van der Waals surface area contributed by atoms with Gasteiger partial charge in [-0.25, -0.2) is 0 Å². The smallest absolute Gasteiger partial charge is 0.123 e. The molecule has 20 heavy (non-hydrogen) atoms. The molecule has 0 saturated carbocycles. The first-order valence-electron chi connectivity index (χ1n) is 7.17. The predicted molar refractivity (Wildman–Crippen MR) is 81.5 cm³/mol. The molecule has 1 atom stereocenters. The summed E-state index contributed by atoms with van der Waals surface area (Å²) in [7, 11) is 3.31. The molecule has 4 nitrogen and oxygen atoms in total. The SMILES string of the molecule is CCC(O)(CC)CNC(C)c1cc(OC)ccc1OC. The molecule has 0 amide bonds. The Morgan fingerprint density at radius 3 is 2.35 bits per heavy atom. The van der Waals surface area contributed by atoms with E-state index in [1.807, 2.05) is 32.0 Å². The minimum absolute atomic E-state index is 0.0738. The van der Waals surface area contributed by atoms with Crippen LogP contribution in [-0.2, 0) is 0 Å². The molecule has 0 radical (unpaired) electrons. The number of aliphatic hydroxyl groups is 1. The van der Waals surface area contributed by atoms with Gasteiger partial charge >= 0.3 is 0 Å². The van der Waals surface area contributed by atoms with Crippen molar-refractivity contribution in [3.63, 3.8) is 0 Å². The maximum Gasteiger partial charge on any atom is 0.123 e. The van der Waals surface area contributed by atoms with E-state index in [2.05, 4.69) is 12.2 Å². The Hall–Kier alpha value is -1.26. The Morgan fingerprint density at radius 2 is 1.85 bits per heavy atom. The second-order valence-corrected chi connectivity index (χ2v) is 5.14. The molecule has 0 aliphatic rings. The fourth-order valence-electron chi connectivity index (χ4n) is 2.13. The molecule has 0 aromatic heterocycles. The fourth-order valence-corrected chi connectivity index (χ4v) is 2.13. The van der Waals surface area contributed by atoms with Crippen molar-refractivity contribution < 1.29 is 14.6 Å². The monoisotopic (exact) mass is 281 g/mol. The summed E-state index contributed by atoms with van der Waals surface area (Å²) in [5.74, 6) is 1.62. The van der Waals surface area contributed by atoms with Crippen molar-refractivity contribution in [3.8, 4) is 11.5 Å². The van der Waals surface area contributed by atoms with Crippen LogP contribution < -0.4 is 14.8 Å². The highest BCUT2D eigenvalue weighted by atomic mass is 16.5. The van der Waals surface area contributed by atoms with Crippen molar-refractivity contribution in [2.24, 2.45) is 0 Å². The molecular weight excluding hydrogens is 254 g/mol. The molecule has 114 valence electrons. The van der Waals surface area contributed by atoms with Crippen molar-refractivity contribution in [2.75, 3.05) is 20.8 Å². The van der Waals surface area contributed by atoms with Crippen molar-refractivity contribution in [3.05, 3.63) is 23.8 Å². The maximum absolute atomic E-state index is 10.3. The van der Waals surface area contributed by atoms with E-state index in [9.17, 15) is 5.11 Å². The van der Waals surface area contributed by atoms with Crippen LogP contribution >= 0.6 is 0 Å². The number of ether oxygens (including phenoxy) is 2. The van der Waals surface area contributed by atoms with Gasteiger partial charge in [0.1, 0.15) is 11.5 Å². The lowest BCUT2D eigenvalue weighted by atomic mass is 9.96. The molecule has 1 aromatic carbocycles. The molecule has 0 aliphatic heterocycles. The zero-order valence-corrected chi connectivity index (χ0v) is 13.2. The first-order valence-corrected chi connectivity index (χ1v) is 7.17. The number of hydrogen-bond acceptors (Lipinski definition) is 4. The molecule has 0 saturated heterocycles. The Labute approximate surface area is 122 Å². The molecule has 0 aliphatic carbocycles. The van der Waals surface area contributed by atoms with E-state index in [1.165, 1.54) is 0 Å². The van der Waals surface area contributed by atoms with Crippen LogP contribution in [0.1, 0.15) is 45.2 Å². The van der Waals surface area contributed by atoms with E-state index >= 15 is 0 Å². The van der Waals surface area contributed by atoms with E-state index < -0.39 is 5.60 Å². The summed E-state index contributed by atoms with van der Waals surface area (Å²) in [5, 5.41) is 13.7. The lowest BCUT2D eigenvalue weighted by molar-refractivity contribution is 0.0302. The Kier molecular flexibility index (Phi) is 6.30. The zero-order valence-electron chi connectivity index (χ0n) is 13.2. The van der Waals surface area contributed by atoms with Gasteiger partial charge in [0.2, 0.25) is 0 Å². The highest BCUT2D eigenvalue weighted by Gasteiger charge is 2.23. The molecule has 0 bridgehead atoms. The number of rotatable bonds is 8. The zero-order chi connectivity index (χ0) is 15.2. The third-order valence-electron chi connectivity index (χ3n) is 3.96. The van der Waals surface area contributed by atoms with E-state index in [0.717, 1.165) is 29.9 Å². The fraction of sp³-hybridized carbons (Fsp3) is 0.625. The van der Waals surface area contributed by atoms with Crippen LogP contribution in [0.3, 0.4) is 0 Å². The molecule has 4 heteroatoms. The summed E-state index contributed by atoms with van der Waals surface area (Å²) in [6, 6.07) is 5.82. The molecular formula is C16H27NO3. The van der Waals surface area contributed by atoms with E-state index in [4.69, 9.17) is 9.47 Å². The topological polar surface area (TPSA) is 50.7 Å². The third-order valence-corrected chi connectivity index (χ3v) is 3.96. The lowest BCUT2D eigenvalue weighted by Gasteiger charge is -2.28. The van der Waals surface area contributed by atoms with Gasteiger partial charge in [-0.05, 0) is 38.0 Å². The minimum atomic E-state index is -0.652. The molecule has 1 rings (SSSR count). The van der Waals surface area contributed by atoms with Gasteiger partial charge in [0.15, 0.2) is 0 Å². The average Bonchev–Trinajstić information content (AvgIpc) is 2.51. The standard InChI is InChI=1S/C16H27NO3/c1-6-16(18,7-2)11-17-12(3)14-10-13(19-4)8-9-15(14)20-5/h8-10,12,17-18H,6-7,11H2,1-5H3. The Morgan fingerprint density at radius 1 is 1.20 bits per heavy atom. The van der Waals surface area contributed by atoms with Crippen LogP contribution in [0.25, 0.3) is 0 Å². The third kappa shape index (κ3) is 4.12. The van der Waals surface area contributed by atoms with Crippen molar-refractivity contribution in [2.45, 2.75) is 45.3 Å². The summed E-state index contributed by atoms with van der Waals surface area (Å²) in [4.78, 5) is 0. The second kappa shape index (κ2) is 7.50. The number of benzene rings is 1. The molecule has 0 spiro atoms. The van der Waals surface area contributed by atoms with Gasteiger partial charge in [-0.3, -0.25) is 0 Å². The van der Waals surface area contributed by atoms with E-state index in [-0.39, 0.29) is 6.04 Å².